The summed E-state index contributed by atoms with van der Waals surface area (Å²) in [5.74, 6) is 1.16. The summed E-state index contributed by atoms with van der Waals surface area (Å²) in [5, 5.41) is 7.13. The lowest BCUT2D eigenvalue weighted by atomic mass is 10.1. The van der Waals surface area contributed by atoms with Gasteiger partial charge in [-0.05, 0) is 32.7 Å². The first-order valence-corrected chi connectivity index (χ1v) is 6.68. The van der Waals surface area contributed by atoms with Crippen molar-refractivity contribution in [3.05, 3.63) is 18.2 Å². The summed E-state index contributed by atoms with van der Waals surface area (Å²) in [6.45, 7) is 4.49. The van der Waals surface area contributed by atoms with Crippen molar-refractivity contribution in [2.75, 3.05) is 13.1 Å². The molecule has 1 aliphatic rings. The quantitative estimate of drug-likeness (QED) is 0.777. The van der Waals surface area contributed by atoms with Crippen LogP contribution in [0.25, 0.3) is 0 Å². The van der Waals surface area contributed by atoms with Gasteiger partial charge in [0.05, 0.1) is 0 Å². The van der Waals surface area contributed by atoms with E-state index < -0.39 is 0 Å². The second-order valence-corrected chi connectivity index (χ2v) is 5.09. The maximum atomic E-state index is 4.33. The second-order valence-electron chi connectivity index (χ2n) is 5.09. The molecule has 1 fully saturated rings. The summed E-state index contributed by atoms with van der Waals surface area (Å²) in [5.41, 5.74) is 0. The highest BCUT2D eigenvalue weighted by Crippen LogP contribution is 2.10. The van der Waals surface area contributed by atoms with Gasteiger partial charge in [-0.25, -0.2) is 4.98 Å². The number of rotatable bonds is 6. The molecule has 0 bridgehead atoms. The maximum absolute atomic E-state index is 4.33. The van der Waals surface area contributed by atoms with Crippen molar-refractivity contribution in [3.8, 4) is 0 Å². The van der Waals surface area contributed by atoms with Gasteiger partial charge in [0, 0.05) is 44.5 Å². The molecule has 0 aliphatic carbocycles. The lowest BCUT2D eigenvalue weighted by molar-refractivity contribution is 0.440. The van der Waals surface area contributed by atoms with E-state index in [0.717, 1.165) is 24.8 Å². The van der Waals surface area contributed by atoms with E-state index in [0.29, 0.717) is 6.04 Å². The largest absolute Gasteiger partial charge is 0.338 e. The molecule has 0 saturated carbocycles. The third-order valence-electron chi connectivity index (χ3n) is 3.56. The Labute approximate surface area is 104 Å². The molecule has 1 aromatic rings. The Hall–Kier alpha value is -0.870. The van der Waals surface area contributed by atoms with E-state index in [-0.39, 0.29) is 0 Å². The van der Waals surface area contributed by atoms with Gasteiger partial charge in [0.15, 0.2) is 0 Å². The molecule has 17 heavy (non-hydrogen) atoms. The monoisotopic (exact) mass is 236 g/mol. The van der Waals surface area contributed by atoms with Gasteiger partial charge in [-0.1, -0.05) is 0 Å². The number of nitrogens with one attached hydrogen (secondary N) is 2. The minimum absolute atomic E-state index is 0.589. The third kappa shape index (κ3) is 3.82. The van der Waals surface area contributed by atoms with Crippen LogP contribution in [0.3, 0.4) is 0 Å². The van der Waals surface area contributed by atoms with Crippen LogP contribution in [0.15, 0.2) is 12.4 Å². The minimum atomic E-state index is 0.589. The van der Waals surface area contributed by atoms with E-state index >= 15 is 0 Å². The van der Waals surface area contributed by atoms with Gasteiger partial charge >= 0.3 is 0 Å². The molecule has 0 radical (unpaired) electrons. The Kier molecular flexibility index (Phi) is 4.57. The summed E-state index contributed by atoms with van der Waals surface area (Å²) in [7, 11) is 2.05. The van der Waals surface area contributed by atoms with Crippen molar-refractivity contribution >= 4 is 0 Å². The molecule has 96 valence electrons. The van der Waals surface area contributed by atoms with Crippen molar-refractivity contribution in [2.45, 2.75) is 44.7 Å². The molecule has 2 rings (SSSR count). The highest BCUT2D eigenvalue weighted by atomic mass is 15.0. The molecule has 4 nitrogen and oxygen atoms in total. The van der Waals surface area contributed by atoms with Crippen LogP contribution >= 0.6 is 0 Å². The predicted molar refractivity (Wildman–Crippen MR) is 70.0 cm³/mol. The van der Waals surface area contributed by atoms with Gasteiger partial charge in [-0.15, -0.1) is 0 Å². The topological polar surface area (TPSA) is 41.9 Å². The number of aryl methyl sites for hydroxylation is 1. The van der Waals surface area contributed by atoms with Crippen molar-refractivity contribution in [1.82, 2.24) is 20.2 Å². The van der Waals surface area contributed by atoms with Crippen LogP contribution < -0.4 is 10.6 Å². The highest BCUT2D eigenvalue weighted by molar-refractivity contribution is 4.91. The molecule has 2 atom stereocenters. The first kappa shape index (κ1) is 12.6. The average Bonchev–Trinajstić information content (AvgIpc) is 2.91. The molecule has 1 aromatic heterocycles. The number of imidazole rings is 1. The van der Waals surface area contributed by atoms with Crippen LogP contribution in [0, 0.1) is 0 Å². The van der Waals surface area contributed by atoms with E-state index in [9.17, 15) is 0 Å². The second kappa shape index (κ2) is 6.17. The maximum Gasteiger partial charge on any atom is 0.109 e. The number of hydrogen-bond acceptors (Lipinski definition) is 3. The summed E-state index contributed by atoms with van der Waals surface area (Å²) in [4.78, 5) is 4.33. The van der Waals surface area contributed by atoms with Crippen molar-refractivity contribution < 1.29 is 0 Å². The molecule has 0 amide bonds. The van der Waals surface area contributed by atoms with Crippen LogP contribution in [0.4, 0.5) is 0 Å². The summed E-state index contributed by atoms with van der Waals surface area (Å²) < 4.78 is 2.09. The zero-order valence-corrected chi connectivity index (χ0v) is 10.9. The fourth-order valence-corrected chi connectivity index (χ4v) is 2.54. The fourth-order valence-electron chi connectivity index (χ4n) is 2.54. The lowest BCUT2D eigenvalue weighted by Gasteiger charge is -2.18. The first-order valence-electron chi connectivity index (χ1n) is 6.68. The molecule has 0 aromatic carbocycles. The summed E-state index contributed by atoms with van der Waals surface area (Å²) in [6.07, 6.45) is 8.78. The number of aromatic nitrogens is 2. The lowest BCUT2D eigenvalue weighted by Crippen LogP contribution is -2.35. The van der Waals surface area contributed by atoms with Crippen LogP contribution in [0.1, 0.15) is 32.0 Å². The Bertz CT molecular complexity index is 328. The molecular weight excluding hydrogens is 212 g/mol. The summed E-state index contributed by atoms with van der Waals surface area (Å²) >= 11 is 0. The van der Waals surface area contributed by atoms with Gasteiger partial charge in [-0.2, -0.15) is 0 Å². The standard InChI is InChI=1S/C13H24N4/c1-11(10-12-4-3-6-15-12)14-7-5-13-16-8-9-17(13)2/h8-9,11-12,14-15H,3-7,10H2,1-2H3. The Morgan fingerprint density at radius 3 is 3.18 bits per heavy atom. The molecule has 1 saturated heterocycles. The zero-order valence-electron chi connectivity index (χ0n) is 10.9. The van der Waals surface area contributed by atoms with Crippen LogP contribution in [-0.4, -0.2) is 34.7 Å². The van der Waals surface area contributed by atoms with Crippen molar-refractivity contribution in [2.24, 2.45) is 7.05 Å². The van der Waals surface area contributed by atoms with E-state index in [1.54, 1.807) is 0 Å². The van der Waals surface area contributed by atoms with Crippen molar-refractivity contribution in [3.63, 3.8) is 0 Å². The SMILES string of the molecule is CC(CC1CCCN1)NCCc1nccn1C. The van der Waals surface area contributed by atoms with E-state index in [4.69, 9.17) is 0 Å². The third-order valence-corrected chi connectivity index (χ3v) is 3.56. The molecule has 2 N–H and O–H groups in total. The molecule has 2 unspecified atom stereocenters. The Morgan fingerprint density at radius 1 is 1.65 bits per heavy atom. The number of nitrogens with zero attached hydrogens (tertiary/aromatic N) is 2. The molecular formula is C13H24N4. The molecule has 2 heterocycles. The van der Waals surface area contributed by atoms with E-state index in [1.807, 2.05) is 19.4 Å². The number of hydrogen-bond donors (Lipinski definition) is 2. The highest BCUT2D eigenvalue weighted by Gasteiger charge is 2.16. The van der Waals surface area contributed by atoms with Crippen LogP contribution in [-0.2, 0) is 13.5 Å². The molecule has 4 heteroatoms. The van der Waals surface area contributed by atoms with E-state index in [2.05, 4.69) is 27.1 Å². The van der Waals surface area contributed by atoms with Crippen LogP contribution in [0.5, 0.6) is 0 Å². The predicted octanol–water partition coefficient (Wildman–Crippen LogP) is 1.08. The minimum Gasteiger partial charge on any atom is -0.338 e. The van der Waals surface area contributed by atoms with Gasteiger partial charge < -0.3 is 15.2 Å². The Morgan fingerprint density at radius 2 is 2.53 bits per heavy atom. The first-order chi connectivity index (χ1) is 8.25. The van der Waals surface area contributed by atoms with Crippen LogP contribution in [0.2, 0.25) is 0 Å². The van der Waals surface area contributed by atoms with E-state index in [1.165, 1.54) is 25.8 Å². The van der Waals surface area contributed by atoms with Gasteiger partial charge in [0.2, 0.25) is 0 Å². The van der Waals surface area contributed by atoms with Gasteiger partial charge in [0.1, 0.15) is 5.82 Å². The normalized spacial score (nSPS) is 21.9. The molecule has 1 aliphatic heterocycles. The molecule has 0 spiro atoms. The van der Waals surface area contributed by atoms with Crippen molar-refractivity contribution in [1.29, 1.82) is 0 Å². The Balaban J connectivity index is 1.62. The fraction of sp³-hybridized carbons (Fsp3) is 0.769. The van der Waals surface area contributed by atoms with Gasteiger partial charge in [0.25, 0.3) is 0 Å². The smallest absolute Gasteiger partial charge is 0.109 e. The zero-order chi connectivity index (χ0) is 12.1. The average molecular weight is 236 g/mol. The summed E-state index contributed by atoms with van der Waals surface area (Å²) in [6, 6.07) is 1.32. The van der Waals surface area contributed by atoms with Gasteiger partial charge in [-0.3, -0.25) is 0 Å².